The van der Waals surface area contributed by atoms with Gasteiger partial charge < -0.3 is 13.9 Å². The van der Waals surface area contributed by atoms with Crippen molar-refractivity contribution in [2.75, 3.05) is 4.90 Å². The van der Waals surface area contributed by atoms with Crippen LogP contribution >= 0.6 is 0 Å². The third-order valence-electron chi connectivity index (χ3n) is 12.0. The lowest BCUT2D eigenvalue weighted by atomic mass is 9.97. The zero-order valence-electron chi connectivity index (χ0n) is 32.1. The summed E-state index contributed by atoms with van der Waals surface area (Å²) < 4.78 is 8.92. The van der Waals surface area contributed by atoms with Gasteiger partial charge in [0.25, 0.3) is 0 Å². The third-order valence-corrected chi connectivity index (χ3v) is 12.0. The number of anilines is 3. The van der Waals surface area contributed by atoms with Crippen molar-refractivity contribution in [2.45, 2.75) is 0 Å². The van der Waals surface area contributed by atoms with E-state index in [1.807, 2.05) is 0 Å². The molecule has 0 saturated heterocycles. The van der Waals surface area contributed by atoms with Crippen LogP contribution in [0.4, 0.5) is 17.1 Å². The van der Waals surface area contributed by atoms with E-state index in [1.54, 1.807) is 0 Å². The summed E-state index contributed by atoms with van der Waals surface area (Å²) in [4.78, 5) is 2.41. The summed E-state index contributed by atoms with van der Waals surface area (Å²) >= 11 is 0. The lowest BCUT2D eigenvalue weighted by molar-refractivity contribution is 0.672. The molecule has 0 fully saturated rings. The molecule has 0 bridgehead atoms. The summed E-state index contributed by atoms with van der Waals surface area (Å²) in [6.07, 6.45) is 0. The number of hydrogen-bond acceptors (Lipinski definition) is 2. The number of furan rings is 1. The molecule has 3 heteroatoms. The quantitative estimate of drug-likeness (QED) is 0.169. The molecule has 0 aliphatic heterocycles. The molecule has 59 heavy (non-hydrogen) atoms. The highest BCUT2D eigenvalue weighted by atomic mass is 16.3. The molecule has 12 rings (SSSR count). The van der Waals surface area contributed by atoms with Crippen LogP contribution in [0, 0.1) is 0 Å². The minimum atomic E-state index is 0.887. The minimum Gasteiger partial charge on any atom is -0.455 e. The van der Waals surface area contributed by atoms with Crippen LogP contribution < -0.4 is 4.90 Å². The molecule has 3 nitrogen and oxygen atoms in total. The zero-order chi connectivity index (χ0) is 38.9. The lowest BCUT2D eigenvalue weighted by Gasteiger charge is -2.28. The molecular formula is C56H36N2O. The monoisotopic (exact) mass is 752 g/mol. The number of fused-ring (bicyclic) bond motifs is 9. The molecular weight excluding hydrogens is 717 g/mol. The average Bonchev–Trinajstić information content (AvgIpc) is 3.85. The minimum absolute atomic E-state index is 0.887. The topological polar surface area (TPSA) is 21.3 Å². The molecule has 0 N–H and O–H groups in total. The molecule has 0 unspecified atom stereocenters. The zero-order valence-corrected chi connectivity index (χ0v) is 32.1. The molecule has 0 aliphatic carbocycles. The van der Waals surface area contributed by atoms with E-state index in [4.69, 9.17) is 4.42 Å². The first-order valence-electron chi connectivity index (χ1n) is 20.2. The van der Waals surface area contributed by atoms with Gasteiger partial charge in [0, 0.05) is 49.6 Å². The molecule has 12 aromatic rings. The van der Waals surface area contributed by atoms with Crippen molar-refractivity contribution in [3.8, 4) is 27.9 Å². The van der Waals surface area contributed by atoms with Gasteiger partial charge in [-0.1, -0.05) is 146 Å². The van der Waals surface area contributed by atoms with E-state index in [0.717, 1.165) is 61.2 Å². The maximum atomic E-state index is 6.54. The van der Waals surface area contributed by atoms with Crippen molar-refractivity contribution >= 4 is 82.4 Å². The highest BCUT2D eigenvalue weighted by molar-refractivity contribution is 6.16. The van der Waals surface area contributed by atoms with E-state index in [9.17, 15) is 0 Å². The van der Waals surface area contributed by atoms with Crippen molar-refractivity contribution in [1.29, 1.82) is 0 Å². The molecule has 10 aromatic carbocycles. The predicted molar refractivity (Wildman–Crippen MR) is 249 cm³/mol. The molecule has 0 radical (unpaired) electrons. The van der Waals surface area contributed by atoms with Crippen LogP contribution in [-0.2, 0) is 0 Å². The number of para-hydroxylation sites is 3. The molecule has 0 atom stereocenters. The van der Waals surface area contributed by atoms with Crippen LogP contribution in [0.1, 0.15) is 0 Å². The van der Waals surface area contributed by atoms with E-state index >= 15 is 0 Å². The Hall–Kier alpha value is -7.88. The number of aromatic nitrogens is 1. The van der Waals surface area contributed by atoms with Gasteiger partial charge in [0.2, 0.25) is 0 Å². The molecule has 0 saturated carbocycles. The van der Waals surface area contributed by atoms with Gasteiger partial charge in [0.05, 0.1) is 16.7 Å². The smallest absolute Gasteiger partial charge is 0.143 e. The predicted octanol–water partition coefficient (Wildman–Crippen LogP) is 15.8. The largest absolute Gasteiger partial charge is 0.455 e. The van der Waals surface area contributed by atoms with Crippen LogP contribution in [0.3, 0.4) is 0 Å². The second-order valence-corrected chi connectivity index (χ2v) is 15.3. The normalized spacial score (nSPS) is 11.7. The van der Waals surface area contributed by atoms with E-state index < -0.39 is 0 Å². The standard InChI is InChI=1S/C56H36N2O/c1-3-18-44-37(13-1)15-12-23-45(44)39-16-11-17-43(35-39)57(41-29-31-42(32-30-41)58-53-25-9-6-21-48(53)49-22-7-10-26-54(49)58)52-24-8-5-19-46(52)40-28-34-55-51(36-40)50-33-27-38-14-2-4-20-47(38)56(50)59-55/h1-36H. The van der Waals surface area contributed by atoms with Gasteiger partial charge >= 0.3 is 0 Å². The number of rotatable bonds is 6. The highest BCUT2D eigenvalue weighted by Crippen LogP contribution is 2.44. The van der Waals surface area contributed by atoms with Gasteiger partial charge in [-0.05, 0) is 106 Å². The van der Waals surface area contributed by atoms with Crippen LogP contribution in [-0.4, -0.2) is 4.57 Å². The van der Waals surface area contributed by atoms with Crippen LogP contribution in [0.15, 0.2) is 223 Å². The second-order valence-electron chi connectivity index (χ2n) is 15.3. The highest BCUT2D eigenvalue weighted by Gasteiger charge is 2.20. The Bertz CT molecular complexity index is 3510. The van der Waals surface area contributed by atoms with Gasteiger partial charge in [-0.25, -0.2) is 0 Å². The Balaban J connectivity index is 1.05. The number of hydrogen-bond donors (Lipinski definition) is 0. The summed E-state index contributed by atoms with van der Waals surface area (Å²) in [7, 11) is 0. The van der Waals surface area contributed by atoms with Crippen molar-refractivity contribution in [2.24, 2.45) is 0 Å². The van der Waals surface area contributed by atoms with Gasteiger partial charge in [0.15, 0.2) is 0 Å². The Morgan fingerprint density at radius 2 is 0.966 bits per heavy atom. The Morgan fingerprint density at radius 3 is 1.76 bits per heavy atom. The molecule has 276 valence electrons. The van der Waals surface area contributed by atoms with E-state index in [2.05, 4.69) is 228 Å². The molecule has 2 aromatic heterocycles. The van der Waals surface area contributed by atoms with E-state index in [1.165, 1.54) is 49.1 Å². The average molecular weight is 753 g/mol. The Morgan fingerprint density at radius 1 is 0.356 bits per heavy atom. The fourth-order valence-electron chi connectivity index (χ4n) is 9.25. The maximum absolute atomic E-state index is 6.54. The van der Waals surface area contributed by atoms with Crippen molar-refractivity contribution in [3.63, 3.8) is 0 Å². The Kier molecular flexibility index (Phi) is 7.54. The first kappa shape index (κ1) is 33.3. The first-order valence-corrected chi connectivity index (χ1v) is 20.2. The van der Waals surface area contributed by atoms with Gasteiger partial charge in [-0.2, -0.15) is 0 Å². The fourth-order valence-corrected chi connectivity index (χ4v) is 9.25. The SMILES string of the molecule is c1cc(-c2cccc3ccccc23)cc(N(c2ccc(-n3c4ccccc4c4ccccc43)cc2)c2ccccc2-c2ccc3oc4c5ccccc5ccc4c3c2)c1. The molecule has 0 spiro atoms. The summed E-state index contributed by atoms with van der Waals surface area (Å²) in [5.41, 5.74) is 13.2. The summed E-state index contributed by atoms with van der Waals surface area (Å²) in [6, 6.07) is 78.8. The van der Waals surface area contributed by atoms with Crippen molar-refractivity contribution in [1.82, 2.24) is 4.57 Å². The third kappa shape index (κ3) is 5.36. The van der Waals surface area contributed by atoms with Crippen LogP contribution in [0.25, 0.3) is 93.2 Å². The van der Waals surface area contributed by atoms with E-state index in [0.29, 0.717) is 0 Å². The second kappa shape index (κ2) is 13.4. The van der Waals surface area contributed by atoms with Gasteiger partial charge in [0.1, 0.15) is 11.2 Å². The van der Waals surface area contributed by atoms with Gasteiger partial charge in [-0.15, -0.1) is 0 Å². The van der Waals surface area contributed by atoms with Crippen molar-refractivity contribution < 1.29 is 4.42 Å². The number of nitrogens with zero attached hydrogens (tertiary/aromatic N) is 2. The summed E-state index contributed by atoms with van der Waals surface area (Å²) in [6.45, 7) is 0. The summed E-state index contributed by atoms with van der Waals surface area (Å²) in [5.74, 6) is 0. The number of benzene rings is 10. The molecule has 0 amide bonds. The van der Waals surface area contributed by atoms with E-state index in [-0.39, 0.29) is 0 Å². The molecule has 0 aliphatic rings. The fraction of sp³-hybridized carbons (Fsp3) is 0. The maximum Gasteiger partial charge on any atom is 0.143 e. The van der Waals surface area contributed by atoms with Crippen molar-refractivity contribution in [3.05, 3.63) is 218 Å². The Labute approximate surface area is 341 Å². The lowest BCUT2D eigenvalue weighted by Crippen LogP contribution is -2.11. The first-order chi connectivity index (χ1) is 29.3. The molecule has 2 heterocycles. The van der Waals surface area contributed by atoms with Crippen LogP contribution in [0.5, 0.6) is 0 Å². The summed E-state index contributed by atoms with van der Waals surface area (Å²) in [5, 5.41) is 9.51. The van der Waals surface area contributed by atoms with Crippen LogP contribution in [0.2, 0.25) is 0 Å². The van der Waals surface area contributed by atoms with Gasteiger partial charge in [-0.3, -0.25) is 0 Å².